The van der Waals surface area contributed by atoms with Gasteiger partial charge in [0.2, 0.25) is 6.17 Å². The molecule has 1 fully saturated rings. The molecule has 1 N–H and O–H groups in total. The second-order valence-corrected chi connectivity index (χ2v) is 9.67. The zero-order chi connectivity index (χ0) is 26.9. The number of carbonyl (C=O) groups excluding carboxylic acids is 1. The Labute approximate surface area is 186 Å². The van der Waals surface area contributed by atoms with Gasteiger partial charge in [0.05, 0.1) is 6.54 Å². The zero-order valence-corrected chi connectivity index (χ0v) is 17.9. The van der Waals surface area contributed by atoms with Crippen molar-refractivity contribution < 1.29 is 75.0 Å². The quantitative estimate of drug-likeness (QED) is 0.244. The van der Waals surface area contributed by atoms with Gasteiger partial charge in [0, 0.05) is 26.2 Å². The molecule has 1 aliphatic rings. The first-order valence-electron chi connectivity index (χ1n) is 8.57. The largest absolute Gasteiger partial charge is 0.462 e. The number of ether oxygens (including phenoxy) is 1. The summed E-state index contributed by atoms with van der Waals surface area (Å²) in [5.41, 5.74) is 0. The lowest BCUT2D eigenvalue weighted by atomic mass is 10.2. The van der Waals surface area contributed by atoms with E-state index in [1.807, 2.05) is 0 Å². The molecule has 34 heavy (non-hydrogen) atoms. The van der Waals surface area contributed by atoms with Gasteiger partial charge in [-0.3, -0.25) is 14.2 Å². The highest BCUT2D eigenvalue weighted by atomic mass is 32.2. The molecule has 0 aromatic heterocycles. The molecular formula is C13H15F11N2O6S2. The van der Waals surface area contributed by atoms with E-state index in [1.165, 1.54) is 0 Å². The minimum atomic E-state index is -7.04. The predicted octanol–water partition coefficient (Wildman–Crippen LogP) is 1.76. The van der Waals surface area contributed by atoms with Crippen LogP contribution < -0.4 is 0 Å². The predicted molar refractivity (Wildman–Crippen MR) is 89.4 cm³/mol. The van der Waals surface area contributed by atoms with Crippen LogP contribution in [0.5, 0.6) is 0 Å². The maximum Gasteiger partial charge on any atom is 0.439 e. The summed E-state index contributed by atoms with van der Waals surface area (Å²) in [5.74, 6) is -8.20. The Bertz CT molecular complexity index is 862. The molecule has 0 aliphatic carbocycles. The van der Waals surface area contributed by atoms with E-state index in [1.54, 1.807) is 0 Å². The van der Waals surface area contributed by atoms with Crippen LogP contribution in [0.25, 0.3) is 0 Å². The Kier molecular flexibility index (Phi) is 9.35. The monoisotopic (exact) mass is 568 g/mol. The Morgan fingerprint density at radius 3 is 1.85 bits per heavy atom. The van der Waals surface area contributed by atoms with Gasteiger partial charge < -0.3 is 4.74 Å². The molecule has 1 saturated heterocycles. The third kappa shape index (κ3) is 6.46. The second-order valence-electron chi connectivity index (χ2n) is 6.68. The Balaban J connectivity index is 2.69. The van der Waals surface area contributed by atoms with E-state index in [4.69, 9.17) is 4.55 Å². The molecule has 1 aliphatic heterocycles. The van der Waals surface area contributed by atoms with Gasteiger partial charge in [0.1, 0.15) is 6.61 Å². The van der Waals surface area contributed by atoms with Gasteiger partial charge in [0.15, 0.2) is 17.2 Å². The first kappa shape index (κ1) is 30.7. The average molecular weight is 568 g/mol. The van der Waals surface area contributed by atoms with Crippen molar-refractivity contribution in [2.45, 2.75) is 35.0 Å². The minimum absolute atomic E-state index is 0.0322. The molecule has 8 nitrogen and oxygen atoms in total. The fourth-order valence-electron chi connectivity index (χ4n) is 2.35. The molecule has 0 radical (unpaired) electrons. The van der Waals surface area contributed by atoms with Crippen molar-refractivity contribution in [3.63, 3.8) is 0 Å². The maximum absolute atomic E-state index is 13.9. The van der Waals surface area contributed by atoms with Crippen molar-refractivity contribution in [1.29, 1.82) is 0 Å². The molecule has 1 rings (SSSR count). The summed E-state index contributed by atoms with van der Waals surface area (Å²) in [7, 11) is -11.3. The third-order valence-electron chi connectivity index (χ3n) is 4.23. The number of piperazine rings is 1. The SMILES string of the molecule is O=C(CN1CCN(S(=O)C(F)(F)C(F)(F)C(F)(F)S(=O)(=O)O)CC1)OCC(F)C(F)C(F)(F)F. The molecule has 0 amide bonds. The number of carbonyl (C=O) groups is 1. The highest BCUT2D eigenvalue weighted by molar-refractivity contribution is 7.87. The van der Waals surface area contributed by atoms with Gasteiger partial charge in [-0.25, -0.2) is 17.3 Å². The van der Waals surface area contributed by atoms with Crippen molar-refractivity contribution in [2.75, 3.05) is 39.3 Å². The second kappa shape index (κ2) is 10.3. The number of hydrogen-bond donors (Lipinski definition) is 1. The molecular weight excluding hydrogens is 553 g/mol. The van der Waals surface area contributed by atoms with Gasteiger partial charge in [-0.2, -0.15) is 47.9 Å². The molecule has 0 aromatic rings. The number of halogens is 11. The molecule has 3 atom stereocenters. The van der Waals surface area contributed by atoms with E-state index in [9.17, 15) is 65.7 Å². The van der Waals surface area contributed by atoms with Crippen LogP contribution in [0.1, 0.15) is 0 Å². The Hall–Kier alpha value is -1.32. The summed E-state index contributed by atoms with van der Waals surface area (Å²) >= 11 is 0. The summed E-state index contributed by atoms with van der Waals surface area (Å²) < 4.78 is 188. The normalized spacial score (nSPS) is 20.6. The van der Waals surface area contributed by atoms with Crippen LogP contribution in [-0.2, 0) is 30.6 Å². The van der Waals surface area contributed by atoms with E-state index in [2.05, 4.69) is 4.74 Å². The highest BCUT2D eigenvalue weighted by Gasteiger charge is 2.80. The first-order chi connectivity index (χ1) is 15.1. The summed E-state index contributed by atoms with van der Waals surface area (Å²) in [6.07, 6.45) is -12.7. The van der Waals surface area contributed by atoms with Crippen LogP contribution >= 0.6 is 0 Å². The van der Waals surface area contributed by atoms with Crippen molar-refractivity contribution >= 4 is 27.1 Å². The Morgan fingerprint density at radius 1 is 0.971 bits per heavy atom. The van der Waals surface area contributed by atoms with Crippen molar-refractivity contribution in [3.8, 4) is 0 Å². The maximum atomic E-state index is 13.9. The summed E-state index contributed by atoms with van der Waals surface area (Å²) in [6, 6.07) is 0. The minimum Gasteiger partial charge on any atom is -0.462 e. The van der Waals surface area contributed by atoms with E-state index >= 15 is 0 Å². The first-order valence-corrected chi connectivity index (χ1v) is 11.1. The van der Waals surface area contributed by atoms with Crippen LogP contribution in [0.3, 0.4) is 0 Å². The smallest absolute Gasteiger partial charge is 0.439 e. The van der Waals surface area contributed by atoms with Gasteiger partial charge in [-0.05, 0) is 0 Å². The van der Waals surface area contributed by atoms with Gasteiger partial charge >= 0.3 is 38.7 Å². The van der Waals surface area contributed by atoms with Crippen LogP contribution in [0.4, 0.5) is 48.3 Å². The lowest BCUT2D eigenvalue weighted by Crippen LogP contribution is -2.62. The van der Waals surface area contributed by atoms with Crippen molar-refractivity contribution in [2.24, 2.45) is 0 Å². The fraction of sp³-hybridized carbons (Fsp3) is 0.923. The summed E-state index contributed by atoms with van der Waals surface area (Å²) in [4.78, 5) is 12.5. The summed E-state index contributed by atoms with van der Waals surface area (Å²) in [5, 5.41) is -12.9. The number of esters is 1. The standard InChI is InChI=1S/C13H15F11N2O6S2/c14-7(9(15)10(16,17)18)6-32-8(27)5-25-1-3-26(4-2-25)33(28)12(21,22)11(19,20)13(23,24)34(29,30)31/h7,9H,1-6H2,(H,29,30,31). The number of hydrogen-bond acceptors (Lipinski definition) is 6. The number of alkyl halides is 11. The summed E-state index contributed by atoms with van der Waals surface area (Å²) in [6.45, 7) is -5.25. The van der Waals surface area contributed by atoms with Crippen LogP contribution in [0, 0.1) is 0 Å². The molecule has 0 bridgehead atoms. The van der Waals surface area contributed by atoms with E-state index < -0.39 is 101 Å². The molecule has 3 unspecified atom stereocenters. The number of nitrogens with zero attached hydrogens (tertiary/aromatic N) is 2. The molecule has 1 heterocycles. The van der Waals surface area contributed by atoms with Crippen LogP contribution in [0.15, 0.2) is 0 Å². The molecule has 202 valence electrons. The van der Waals surface area contributed by atoms with Gasteiger partial charge in [-0.15, -0.1) is 0 Å². The van der Waals surface area contributed by atoms with Crippen LogP contribution in [-0.4, -0.2) is 107 Å². The van der Waals surface area contributed by atoms with Gasteiger partial charge in [-0.1, -0.05) is 0 Å². The molecule has 0 aromatic carbocycles. The van der Waals surface area contributed by atoms with Crippen molar-refractivity contribution in [3.05, 3.63) is 0 Å². The lowest BCUT2D eigenvalue weighted by molar-refractivity contribution is -0.245. The third-order valence-corrected chi connectivity index (χ3v) is 6.66. The Morgan fingerprint density at radius 2 is 1.44 bits per heavy atom. The zero-order valence-electron chi connectivity index (χ0n) is 16.3. The highest BCUT2D eigenvalue weighted by Crippen LogP contribution is 2.50. The van der Waals surface area contributed by atoms with E-state index in [0.717, 1.165) is 4.90 Å². The lowest BCUT2D eigenvalue weighted by Gasteiger charge is -2.37. The van der Waals surface area contributed by atoms with Gasteiger partial charge in [0.25, 0.3) is 0 Å². The molecule has 21 heteroatoms. The number of rotatable bonds is 10. The topological polar surface area (TPSA) is 104 Å². The molecule has 0 saturated carbocycles. The van der Waals surface area contributed by atoms with E-state index in [0.29, 0.717) is 0 Å². The van der Waals surface area contributed by atoms with Crippen LogP contribution in [0.2, 0.25) is 0 Å². The fourth-order valence-corrected chi connectivity index (χ4v) is 4.03. The average Bonchev–Trinajstić information content (AvgIpc) is 2.69. The van der Waals surface area contributed by atoms with E-state index in [-0.39, 0.29) is 4.31 Å². The molecule has 0 spiro atoms. The van der Waals surface area contributed by atoms with Crippen molar-refractivity contribution in [1.82, 2.24) is 9.21 Å².